The Labute approximate surface area is 176 Å². The van der Waals surface area contributed by atoms with Gasteiger partial charge in [0.2, 0.25) is 10.0 Å². The molecule has 0 aliphatic carbocycles. The van der Waals surface area contributed by atoms with Gasteiger partial charge in [0.1, 0.15) is 4.90 Å². The van der Waals surface area contributed by atoms with Crippen LogP contribution >= 0.6 is 0 Å². The van der Waals surface area contributed by atoms with E-state index >= 15 is 0 Å². The first-order valence-electron chi connectivity index (χ1n) is 9.30. The summed E-state index contributed by atoms with van der Waals surface area (Å²) in [5.41, 5.74) is 5.69. The van der Waals surface area contributed by atoms with Gasteiger partial charge in [-0.1, -0.05) is 30.3 Å². The van der Waals surface area contributed by atoms with Gasteiger partial charge in [-0.15, -0.1) is 5.11 Å². The number of alkyl halides is 3. The molecule has 4 rings (SSSR count). The fraction of sp³-hybridized carbons (Fsp3) is 0.316. The van der Waals surface area contributed by atoms with Crippen LogP contribution < -0.4 is 16.2 Å². The number of aliphatic imine (C=N–C) groups is 1. The molecule has 0 aromatic heterocycles. The molecule has 0 bridgehead atoms. The minimum Gasteiger partial charge on any atom is -0.320 e. The van der Waals surface area contributed by atoms with Crippen LogP contribution in [0.5, 0.6) is 0 Å². The average molecular weight is 452 g/mol. The molecule has 31 heavy (non-hydrogen) atoms. The van der Waals surface area contributed by atoms with Crippen LogP contribution in [0.2, 0.25) is 0 Å². The summed E-state index contributed by atoms with van der Waals surface area (Å²) in [5.74, 6) is -0.218. The Hall–Kier alpha value is -2.67. The SMILES string of the molecule is N[C@@]1(c2ccc(-c3ccc(C(F)(F)F)c(S(N)(=O)=O)c3C3=NCN=N3)cc2)CCNC1. The van der Waals surface area contributed by atoms with Crippen molar-refractivity contribution in [2.24, 2.45) is 26.1 Å². The summed E-state index contributed by atoms with van der Waals surface area (Å²) in [5, 5.41) is 15.8. The first-order chi connectivity index (χ1) is 14.5. The first kappa shape index (κ1) is 21.6. The molecule has 2 aromatic carbocycles. The summed E-state index contributed by atoms with van der Waals surface area (Å²) >= 11 is 0. The van der Waals surface area contributed by atoms with Crippen molar-refractivity contribution in [1.29, 1.82) is 0 Å². The number of amidine groups is 1. The zero-order valence-electron chi connectivity index (χ0n) is 16.1. The summed E-state index contributed by atoms with van der Waals surface area (Å²) in [6.45, 7) is 1.27. The molecular formula is C19H19F3N6O2S. The van der Waals surface area contributed by atoms with Crippen LogP contribution in [0.15, 0.2) is 56.5 Å². The van der Waals surface area contributed by atoms with Gasteiger partial charge in [-0.05, 0) is 35.7 Å². The predicted octanol–water partition coefficient (Wildman–Crippen LogP) is 2.34. The van der Waals surface area contributed by atoms with Gasteiger partial charge >= 0.3 is 6.18 Å². The molecule has 164 valence electrons. The van der Waals surface area contributed by atoms with Crippen molar-refractivity contribution < 1.29 is 21.6 Å². The van der Waals surface area contributed by atoms with E-state index in [-0.39, 0.29) is 23.6 Å². The maximum atomic E-state index is 13.6. The molecule has 2 aromatic rings. The highest BCUT2D eigenvalue weighted by atomic mass is 32.2. The molecular weight excluding hydrogens is 433 g/mol. The van der Waals surface area contributed by atoms with Crippen molar-refractivity contribution in [3.8, 4) is 11.1 Å². The van der Waals surface area contributed by atoms with Crippen LogP contribution in [0.4, 0.5) is 13.2 Å². The molecule has 12 heteroatoms. The van der Waals surface area contributed by atoms with Gasteiger partial charge in [0.25, 0.3) is 0 Å². The Balaban J connectivity index is 1.94. The molecule has 2 heterocycles. The number of hydrogen-bond donors (Lipinski definition) is 3. The van der Waals surface area contributed by atoms with E-state index in [1.807, 2.05) is 0 Å². The monoisotopic (exact) mass is 452 g/mol. The van der Waals surface area contributed by atoms with E-state index in [1.165, 1.54) is 6.07 Å². The number of nitrogens with two attached hydrogens (primary N) is 2. The number of rotatable bonds is 4. The molecule has 8 nitrogen and oxygen atoms in total. The van der Waals surface area contributed by atoms with Crippen molar-refractivity contribution in [2.45, 2.75) is 23.0 Å². The smallest absolute Gasteiger partial charge is 0.320 e. The zero-order chi connectivity index (χ0) is 22.4. The van der Waals surface area contributed by atoms with Crippen LogP contribution in [0.1, 0.15) is 23.1 Å². The molecule has 0 unspecified atom stereocenters. The first-order valence-corrected chi connectivity index (χ1v) is 10.9. The van der Waals surface area contributed by atoms with Crippen molar-refractivity contribution in [3.05, 3.63) is 53.1 Å². The lowest BCUT2D eigenvalue weighted by molar-refractivity contribution is -0.139. The average Bonchev–Trinajstić information content (AvgIpc) is 3.38. The molecule has 0 radical (unpaired) electrons. The largest absolute Gasteiger partial charge is 0.417 e. The summed E-state index contributed by atoms with van der Waals surface area (Å²) in [6.07, 6.45) is -4.21. The lowest BCUT2D eigenvalue weighted by Crippen LogP contribution is -2.38. The Morgan fingerprint density at radius 1 is 1.10 bits per heavy atom. The maximum Gasteiger partial charge on any atom is 0.417 e. The Morgan fingerprint density at radius 2 is 1.81 bits per heavy atom. The number of primary sulfonamides is 1. The maximum absolute atomic E-state index is 13.6. The zero-order valence-corrected chi connectivity index (χ0v) is 17.0. The molecule has 1 atom stereocenters. The minimum absolute atomic E-state index is 0.114. The molecule has 0 saturated carbocycles. The molecule has 1 saturated heterocycles. The van der Waals surface area contributed by atoms with Crippen LogP contribution in [0.3, 0.4) is 0 Å². The second-order valence-corrected chi connectivity index (χ2v) is 8.93. The van der Waals surface area contributed by atoms with Crippen molar-refractivity contribution >= 4 is 15.9 Å². The number of hydrogen-bond acceptors (Lipinski definition) is 7. The number of nitrogens with one attached hydrogen (secondary N) is 1. The summed E-state index contributed by atoms with van der Waals surface area (Å²) in [7, 11) is -4.78. The second kappa shape index (κ2) is 7.48. The number of nitrogens with zero attached hydrogens (tertiary/aromatic N) is 3. The number of sulfonamides is 1. The molecule has 2 aliphatic heterocycles. The fourth-order valence-electron chi connectivity index (χ4n) is 3.86. The summed E-state index contributed by atoms with van der Waals surface area (Å²) in [6, 6.07) is 8.79. The molecule has 2 aliphatic rings. The highest BCUT2D eigenvalue weighted by molar-refractivity contribution is 7.89. The fourth-order valence-corrected chi connectivity index (χ4v) is 4.84. The summed E-state index contributed by atoms with van der Waals surface area (Å²) < 4.78 is 65.4. The molecule has 0 amide bonds. The van der Waals surface area contributed by atoms with Crippen molar-refractivity contribution in [1.82, 2.24) is 5.32 Å². The molecule has 5 N–H and O–H groups in total. The van der Waals surface area contributed by atoms with Crippen LogP contribution in [-0.4, -0.2) is 34.0 Å². The van der Waals surface area contributed by atoms with Crippen LogP contribution in [-0.2, 0) is 21.7 Å². The number of halogens is 3. The van der Waals surface area contributed by atoms with E-state index in [4.69, 9.17) is 10.9 Å². The third kappa shape index (κ3) is 3.99. The Morgan fingerprint density at radius 3 is 2.32 bits per heavy atom. The summed E-state index contributed by atoms with van der Waals surface area (Å²) in [4.78, 5) is 2.88. The van der Waals surface area contributed by atoms with Gasteiger partial charge in [0, 0.05) is 12.1 Å². The third-order valence-corrected chi connectivity index (χ3v) is 6.37. The Kier molecular flexibility index (Phi) is 5.20. The van der Waals surface area contributed by atoms with E-state index < -0.39 is 32.2 Å². The van der Waals surface area contributed by atoms with Crippen molar-refractivity contribution in [3.63, 3.8) is 0 Å². The van der Waals surface area contributed by atoms with Crippen LogP contribution in [0.25, 0.3) is 11.1 Å². The number of azo groups is 1. The normalized spacial score (nSPS) is 21.5. The van der Waals surface area contributed by atoms with Crippen LogP contribution in [0, 0.1) is 0 Å². The molecule has 0 spiro atoms. The molecule has 1 fully saturated rings. The van der Waals surface area contributed by atoms with E-state index in [2.05, 4.69) is 20.5 Å². The van der Waals surface area contributed by atoms with E-state index in [0.717, 1.165) is 18.5 Å². The lowest BCUT2D eigenvalue weighted by Gasteiger charge is -2.24. The van der Waals surface area contributed by atoms with E-state index in [0.29, 0.717) is 18.2 Å². The highest BCUT2D eigenvalue weighted by Gasteiger charge is 2.40. The standard InChI is InChI=1S/C19H19F3N6O2S/c20-19(21,22)14-6-5-13(15(16(14)31(24,29)30)17-26-10-27-28-17)11-1-3-12(4-2-11)18(23)7-8-25-9-18/h1-6,25H,7-10,23H2,(H2,24,29,30)/t18-/m0/s1. The Bertz CT molecular complexity index is 1180. The van der Waals surface area contributed by atoms with E-state index in [1.54, 1.807) is 24.3 Å². The van der Waals surface area contributed by atoms with Gasteiger partial charge in [0.15, 0.2) is 12.5 Å². The van der Waals surface area contributed by atoms with Gasteiger partial charge in [-0.3, -0.25) is 0 Å². The topological polar surface area (TPSA) is 135 Å². The minimum atomic E-state index is -4.95. The van der Waals surface area contributed by atoms with Crippen molar-refractivity contribution in [2.75, 3.05) is 19.8 Å². The second-order valence-electron chi connectivity index (χ2n) is 7.43. The third-order valence-electron chi connectivity index (χ3n) is 5.38. The van der Waals surface area contributed by atoms with Gasteiger partial charge in [-0.2, -0.15) is 18.3 Å². The quantitative estimate of drug-likeness (QED) is 0.656. The highest BCUT2D eigenvalue weighted by Crippen LogP contribution is 2.40. The van der Waals surface area contributed by atoms with Gasteiger partial charge < -0.3 is 11.1 Å². The van der Waals surface area contributed by atoms with Gasteiger partial charge in [-0.25, -0.2) is 18.5 Å². The lowest BCUT2D eigenvalue weighted by atomic mass is 9.88. The predicted molar refractivity (Wildman–Crippen MR) is 108 cm³/mol. The number of benzene rings is 2. The van der Waals surface area contributed by atoms with Gasteiger partial charge in [0.05, 0.1) is 11.1 Å². The van der Waals surface area contributed by atoms with E-state index in [9.17, 15) is 21.6 Å².